The standard InChI is InChI=1S/C10H11BrN2/c1-3-4-7-12-10-6-5-9(11)8(2)13-10/h1,5-6H,4,7H2,2H3,(H,12,13). The van der Waals surface area contributed by atoms with Crippen LogP contribution in [0.15, 0.2) is 16.6 Å². The van der Waals surface area contributed by atoms with Crippen molar-refractivity contribution in [3.63, 3.8) is 0 Å². The lowest BCUT2D eigenvalue weighted by Gasteiger charge is -2.04. The Morgan fingerprint density at radius 2 is 2.38 bits per heavy atom. The third-order valence-corrected chi connectivity index (χ3v) is 2.43. The normalized spacial score (nSPS) is 9.31. The fourth-order valence-corrected chi connectivity index (χ4v) is 1.13. The van der Waals surface area contributed by atoms with Gasteiger partial charge in [-0.3, -0.25) is 0 Å². The van der Waals surface area contributed by atoms with Gasteiger partial charge in [0.25, 0.3) is 0 Å². The van der Waals surface area contributed by atoms with E-state index in [1.165, 1.54) is 0 Å². The molecule has 0 fully saturated rings. The summed E-state index contributed by atoms with van der Waals surface area (Å²) in [5, 5.41) is 3.14. The first-order valence-corrected chi connectivity index (χ1v) is 4.84. The van der Waals surface area contributed by atoms with Gasteiger partial charge < -0.3 is 5.32 Å². The van der Waals surface area contributed by atoms with E-state index in [2.05, 4.69) is 32.2 Å². The molecule has 0 radical (unpaired) electrons. The highest BCUT2D eigenvalue weighted by Crippen LogP contribution is 2.15. The molecule has 68 valence electrons. The number of nitrogens with zero attached hydrogens (tertiary/aromatic N) is 1. The highest BCUT2D eigenvalue weighted by molar-refractivity contribution is 9.10. The number of hydrogen-bond donors (Lipinski definition) is 1. The smallest absolute Gasteiger partial charge is 0.126 e. The lowest BCUT2D eigenvalue weighted by atomic mass is 10.3. The van der Waals surface area contributed by atoms with Crippen LogP contribution in [0.5, 0.6) is 0 Å². The molecule has 0 bridgehead atoms. The number of aromatic nitrogens is 1. The molecule has 3 heteroatoms. The third-order valence-electron chi connectivity index (χ3n) is 1.60. The van der Waals surface area contributed by atoms with Gasteiger partial charge in [-0.2, -0.15) is 0 Å². The molecule has 0 unspecified atom stereocenters. The van der Waals surface area contributed by atoms with Crippen molar-refractivity contribution in [3.8, 4) is 12.3 Å². The van der Waals surface area contributed by atoms with Crippen LogP contribution in [0, 0.1) is 19.3 Å². The van der Waals surface area contributed by atoms with Crippen molar-refractivity contribution in [2.75, 3.05) is 11.9 Å². The van der Waals surface area contributed by atoms with Gasteiger partial charge >= 0.3 is 0 Å². The molecule has 1 N–H and O–H groups in total. The van der Waals surface area contributed by atoms with Gasteiger partial charge in [0.05, 0.1) is 5.69 Å². The van der Waals surface area contributed by atoms with Gasteiger partial charge in [-0.25, -0.2) is 4.98 Å². The van der Waals surface area contributed by atoms with E-state index in [0.29, 0.717) is 0 Å². The van der Waals surface area contributed by atoms with Crippen LogP contribution in [0.3, 0.4) is 0 Å². The molecule has 0 aliphatic heterocycles. The van der Waals surface area contributed by atoms with Crippen LogP contribution < -0.4 is 5.32 Å². The van der Waals surface area contributed by atoms with Crippen LogP contribution >= 0.6 is 15.9 Å². The van der Waals surface area contributed by atoms with Crippen molar-refractivity contribution in [2.45, 2.75) is 13.3 Å². The summed E-state index contributed by atoms with van der Waals surface area (Å²) in [6.07, 6.45) is 5.85. The van der Waals surface area contributed by atoms with Crippen LogP contribution in [-0.4, -0.2) is 11.5 Å². The van der Waals surface area contributed by atoms with Crippen molar-refractivity contribution in [1.82, 2.24) is 4.98 Å². The van der Waals surface area contributed by atoms with Crippen molar-refractivity contribution in [1.29, 1.82) is 0 Å². The molecular formula is C10H11BrN2. The van der Waals surface area contributed by atoms with E-state index < -0.39 is 0 Å². The lowest BCUT2D eigenvalue weighted by molar-refractivity contribution is 1.06. The second-order valence-electron chi connectivity index (χ2n) is 2.64. The molecule has 1 rings (SSSR count). The number of halogens is 1. The van der Waals surface area contributed by atoms with Gasteiger partial charge in [0.2, 0.25) is 0 Å². The minimum atomic E-state index is 0.719. The van der Waals surface area contributed by atoms with Crippen molar-refractivity contribution < 1.29 is 0 Å². The van der Waals surface area contributed by atoms with Crippen LogP contribution in [-0.2, 0) is 0 Å². The first-order valence-electron chi connectivity index (χ1n) is 4.04. The van der Waals surface area contributed by atoms with Crippen molar-refractivity contribution in [3.05, 3.63) is 22.3 Å². The zero-order valence-electron chi connectivity index (χ0n) is 7.47. The summed E-state index contributed by atoms with van der Waals surface area (Å²) in [5.41, 5.74) is 0.978. The molecular weight excluding hydrogens is 228 g/mol. The van der Waals surface area contributed by atoms with E-state index in [9.17, 15) is 0 Å². The maximum Gasteiger partial charge on any atom is 0.126 e. The summed E-state index contributed by atoms with van der Waals surface area (Å²) in [5.74, 6) is 3.44. The summed E-state index contributed by atoms with van der Waals surface area (Å²) in [6, 6.07) is 3.90. The highest BCUT2D eigenvalue weighted by atomic mass is 79.9. The Bertz CT molecular complexity index is 328. The van der Waals surface area contributed by atoms with E-state index >= 15 is 0 Å². The molecule has 0 saturated carbocycles. The summed E-state index contributed by atoms with van der Waals surface area (Å²) < 4.78 is 1.02. The Hall–Kier alpha value is -1.01. The van der Waals surface area contributed by atoms with Crippen LogP contribution in [0.4, 0.5) is 5.82 Å². The SMILES string of the molecule is C#CCCNc1ccc(Br)c(C)n1. The molecule has 0 spiro atoms. The number of aryl methyl sites for hydroxylation is 1. The second kappa shape index (κ2) is 4.88. The van der Waals surface area contributed by atoms with Crippen molar-refractivity contribution >= 4 is 21.7 Å². The number of hydrogen-bond acceptors (Lipinski definition) is 2. The minimum absolute atomic E-state index is 0.719. The van der Waals surface area contributed by atoms with Crippen LogP contribution in [0.25, 0.3) is 0 Å². The molecule has 1 aromatic rings. The summed E-state index contributed by atoms with van der Waals surface area (Å²) >= 11 is 3.39. The molecule has 2 nitrogen and oxygen atoms in total. The summed E-state index contributed by atoms with van der Waals surface area (Å²) in [7, 11) is 0. The fourth-order valence-electron chi connectivity index (χ4n) is 0.905. The number of rotatable bonds is 3. The van der Waals surface area contributed by atoms with E-state index in [4.69, 9.17) is 6.42 Å². The van der Waals surface area contributed by atoms with E-state index in [0.717, 1.165) is 29.0 Å². The summed E-state index contributed by atoms with van der Waals surface area (Å²) in [4.78, 5) is 4.32. The van der Waals surface area contributed by atoms with Gasteiger partial charge in [0.15, 0.2) is 0 Å². The third kappa shape index (κ3) is 3.08. The Morgan fingerprint density at radius 3 is 3.00 bits per heavy atom. The second-order valence-corrected chi connectivity index (χ2v) is 3.50. The molecule has 0 aliphatic carbocycles. The molecule has 0 atom stereocenters. The van der Waals surface area contributed by atoms with Crippen LogP contribution in [0.2, 0.25) is 0 Å². The Balaban J connectivity index is 2.59. The molecule has 0 aromatic carbocycles. The fraction of sp³-hybridized carbons (Fsp3) is 0.300. The predicted molar refractivity (Wildman–Crippen MR) is 58.6 cm³/mol. The van der Waals surface area contributed by atoms with E-state index in [-0.39, 0.29) is 0 Å². The van der Waals surface area contributed by atoms with E-state index in [1.54, 1.807) is 0 Å². The number of nitrogens with one attached hydrogen (secondary N) is 1. The highest BCUT2D eigenvalue weighted by Gasteiger charge is 1.97. The van der Waals surface area contributed by atoms with Gasteiger partial charge in [-0.05, 0) is 35.0 Å². The molecule has 1 heterocycles. The predicted octanol–water partition coefficient (Wildman–Crippen LogP) is 2.59. The summed E-state index contributed by atoms with van der Waals surface area (Å²) in [6.45, 7) is 2.72. The number of pyridine rings is 1. The zero-order valence-corrected chi connectivity index (χ0v) is 9.06. The molecule has 13 heavy (non-hydrogen) atoms. The largest absolute Gasteiger partial charge is 0.369 e. The maximum atomic E-state index is 5.13. The van der Waals surface area contributed by atoms with Gasteiger partial charge in [-0.1, -0.05) is 0 Å². The lowest BCUT2D eigenvalue weighted by Crippen LogP contribution is -2.02. The van der Waals surface area contributed by atoms with Crippen molar-refractivity contribution in [2.24, 2.45) is 0 Å². The molecule has 0 amide bonds. The first-order chi connectivity index (χ1) is 6.24. The zero-order chi connectivity index (χ0) is 9.68. The van der Waals surface area contributed by atoms with Crippen LogP contribution in [0.1, 0.15) is 12.1 Å². The topological polar surface area (TPSA) is 24.9 Å². The maximum absolute atomic E-state index is 5.13. The van der Waals surface area contributed by atoms with E-state index in [1.807, 2.05) is 19.1 Å². The number of terminal acetylenes is 1. The monoisotopic (exact) mass is 238 g/mol. The van der Waals surface area contributed by atoms with Gasteiger partial charge in [-0.15, -0.1) is 12.3 Å². The quantitative estimate of drug-likeness (QED) is 0.647. The van der Waals surface area contributed by atoms with Gasteiger partial charge in [0.1, 0.15) is 5.82 Å². The number of anilines is 1. The minimum Gasteiger partial charge on any atom is -0.369 e. The first kappa shape index (κ1) is 10.1. The Labute approximate surface area is 86.9 Å². The molecule has 0 saturated heterocycles. The average molecular weight is 239 g/mol. The Morgan fingerprint density at radius 1 is 1.62 bits per heavy atom. The molecule has 1 aromatic heterocycles. The Kier molecular flexibility index (Phi) is 3.78. The average Bonchev–Trinajstić information content (AvgIpc) is 2.12. The van der Waals surface area contributed by atoms with Gasteiger partial charge in [0, 0.05) is 17.4 Å². The molecule has 0 aliphatic rings.